The lowest BCUT2D eigenvalue weighted by Gasteiger charge is -2.16. The molecule has 20 heavy (non-hydrogen) atoms. The maximum atomic E-state index is 13.3. The average molecular weight is 280 g/mol. The maximum Gasteiger partial charge on any atom is 0.257 e. The Hall–Kier alpha value is -1.62. The number of amides is 1. The number of carbonyl (C=O) groups is 1. The predicted molar refractivity (Wildman–Crippen MR) is 75.1 cm³/mol. The summed E-state index contributed by atoms with van der Waals surface area (Å²) in [6.07, 6.45) is 2.38. The first-order chi connectivity index (χ1) is 9.60. The molecular formula is C15H21FN2O2. The molecule has 1 aliphatic rings. The van der Waals surface area contributed by atoms with Gasteiger partial charge in [-0.25, -0.2) is 4.39 Å². The van der Waals surface area contributed by atoms with Crippen molar-refractivity contribution in [1.82, 2.24) is 10.6 Å². The second-order valence-corrected chi connectivity index (χ2v) is 5.23. The van der Waals surface area contributed by atoms with E-state index in [9.17, 15) is 9.18 Å². The molecule has 110 valence electrons. The zero-order chi connectivity index (χ0) is 14.5. The molecule has 1 aromatic carbocycles. The highest BCUT2D eigenvalue weighted by atomic mass is 19.1. The Labute approximate surface area is 118 Å². The van der Waals surface area contributed by atoms with Gasteiger partial charge in [0.2, 0.25) is 0 Å². The Morgan fingerprint density at radius 3 is 2.90 bits per heavy atom. The number of hydrogen-bond acceptors (Lipinski definition) is 3. The van der Waals surface area contributed by atoms with Gasteiger partial charge in [0.25, 0.3) is 5.91 Å². The highest BCUT2D eigenvalue weighted by Gasteiger charge is 2.21. The number of rotatable bonds is 7. The van der Waals surface area contributed by atoms with Gasteiger partial charge in [-0.2, -0.15) is 0 Å². The van der Waals surface area contributed by atoms with Crippen LogP contribution in [0.25, 0.3) is 0 Å². The molecule has 0 radical (unpaired) electrons. The lowest BCUT2D eigenvalue weighted by molar-refractivity contribution is -0.123. The van der Waals surface area contributed by atoms with E-state index in [1.807, 2.05) is 14.0 Å². The molecule has 1 saturated carbocycles. The van der Waals surface area contributed by atoms with E-state index in [0.717, 1.165) is 5.56 Å². The molecule has 0 heterocycles. The molecule has 1 amide bonds. The van der Waals surface area contributed by atoms with Crippen molar-refractivity contribution in [2.24, 2.45) is 5.92 Å². The van der Waals surface area contributed by atoms with Crippen LogP contribution in [0, 0.1) is 11.7 Å². The summed E-state index contributed by atoms with van der Waals surface area (Å²) in [7, 11) is 1.82. The fourth-order valence-electron chi connectivity index (χ4n) is 1.92. The molecule has 2 rings (SSSR count). The lowest BCUT2D eigenvalue weighted by atomic mass is 10.1. The van der Waals surface area contributed by atoms with E-state index < -0.39 is 0 Å². The van der Waals surface area contributed by atoms with Gasteiger partial charge >= 0.3 is 0 Å². The van der Waals surface area contributed by atoms with Crippen molar-refractivity contribution < 1.29 is 13.9 Å². The zero-order valence-corrected chi connectivity index (χ0v) is 11.9. The Balaban J connectivity index is 1.92. The van der Waals surface area contributed by atoms with Crippen LogP contribution in [0.15, 0.2) is 18.2 Å². The largest absolute Gasteiger partial charge is 0.483 e. The minimum absolute atomic E-state index is 0.0279. The van der Waals surface area contributed by atoms with Crippen LogP contribution >= 0.6 is 0 Å². The summed E-state index contributed by atoms with van der Waals surface area (Å²) in [4.78, 5) is 11.6. The van der Waals surface area contributed by atoms with Gasteiger partial charge in [-0.1, -0.05) is 6.07 Å². The molecule has 1 aliphatic carbocycles. The molecule has 0 aromatic heterocycles. The van der Waals surface area contributed by atoms with Crippen LogP contribution in [0.3, 0.4) is 0 Å². The second-order valence-electron chi connectivity index (χ2n) is 5.23. The van der Waals surface area contributed by atoms with Gasteiger partial charge in [0, 0.05) is 24.2 Å². The molecule has 0 saturated heterocycles. The van der Waals surface area contributed by atoms with E-state index in [2.05, 4.69) is 10.6 Å². The summed E-state index contributed by atoms with van der Waals surface area (Å²) in [5.41, 5.74) is 0.837. The molecule has 2 N–H and O–H groups in total. The summed E-state index contributed by atoms with van der Waals surface area (Å²) in [6, 6.07) is 4.41. The molecule has 0 bridgehead atoms. The van der Waals surface area contributed by atoms with E-state index in [1.165, 1.54) is 25.0 Å². The van der Waals surface area contributed by atoms with Crippen LogP contribution in [0.4, 0.5) is 4.39 Å². The van der Waals surface area contributed by atoms with Gasteiger partial charge in [0.1, 0.15) is 11.6 Å². The van der Waals surface area contributed by atoms with Crippen molar-refractivity contribution in [3.8, 4) is 5.75 Å². The number of nitrogens with one attached hydrogen (secondary N) is 2. The Morgan fingerprint density at radius 2 is 2.25 bits per heavy atom. The van der Waals surface area contributed by atoms with Crippen LogP contribution < -0.4 is 15.4 Å². The van der Waals surface area contributed by atoms with Crippen molar-refractivity contribution in [3.63, 3.8) is 0 Å². The fraction of sp³-hybridized carbons (Fsp3) is 0.533. The first-order valence-electron chi connectivity index (χ1n) is 6.96. The van der Waals surface area contributed by atoms with Gasteiger partial charge in [-0.05, 0) is 38.8 Å². The van der Waals surface area contributed by atoms with Crippen molar-refractivity contribution in [2.45, 2.75) is 25.8 Å². The standard InChI is InChI=1S/C15H21FN2O2/c1-10(17-2)13-6-5-12(16)7-14(13)20-9-15(19)18-8-11-3-4-11/h5-7,10-11,17H,3-4,8-9H2,1-2H3,(H,18,19). The van der Waals surface area contributed by atoms with Gasteiger partial charge in [0.05, 0.1) is 0 Å². The number of halogens is 1. The highest BCUT2D eigenvalue weighted by molar-refractivity contribution is 5.77. The number of ether oxygens (including phenoxy) is 1. The van der Waals surface area contributed by atoms with Crippen LogP contribution in [-0.4, -0.2) is 26.1 Å². The summed E-state index contributed by atoms with van der Waals surface area (Å²) < 4.78 is 18.8. The van der Waals surface area contributed by atoms with E-state index in [0.29, 0.717) is 18.2 Å². The summed E-state index contributed by atoms with van der Waals surface area (Å²) in [6.45, 7) is 2.58. The predicted octanol–water partition coefficient (Wildman–Crippen LogP) is 2.01. The minimum atomic E-state index is -0.370. The molecule has 0 spiro atoms. The van der Waals surface area contributed by atoms with E-state index in [4.69, 9.17) is 4.74 Å². The van der Waals surface area contributed by atoms with Gasteiger partial charge in [-0.3, -0.25) is 4.79 Å². The van der Waals surface area contributed by atoms with Crippen LogP contribution in [0.5, 0.6) is 5.75 Å². The van der Waals surface area contributed by atoms with Crippen molar-refractivity contribution in [2.75, 3.05) is 20.2 Å². The first-order valence-corrected chi connectivity index (χ1v) is 6.96. The summed E-state index contributed by atoms with van der Waals surface area (Å²) >= 11 is 0. The third-order valence-electron chi connectivity index (χ3n) is 3.52. The normalized spacial score (nSPS) is 15.8. The smallest absolute Gasteiger partial charge is 0.257 e. The molecule has 0 aliphatic heterocycles. The van der Waals surface area contributed by atoms with Crippen LogP contribution in [0.1, 0.15) is 31.4 Å². The lowest BCUT2D eigenvalue weighted by Crippen LogP contribution is -2.30. The maximum absolute atomic E-state index is 13.3. The van der Waals surface area contributed by atoms with Crippen LogP contribution in [-0.2, 0) is 4.79 Å². The molecule has 1 unspecified atom stereocenters. The van der Waals surface area contributed by atoms with Gasteiger partial charge in [0.15, 0.2) is 6.61 Å². The van der Waals surface area contributed by atoms with E-state index in [-0.39, 0.29) is 24.4 Å². The van der Waals surface area contributed by atoms with Crippen molar-refractivity contribution in [3.05, 3.63) is 29.6 Å². The Morgan fingerprint density at radius 1 is 1.50 bits per heavy atom. The molecule has 1 atom stereocenters. The first kappa shape index (κ1) is 14.8. The van der Waals surface area contributed by atoms with Gasteiger partial charge < -0.3 is 15.4 Å². The topological polar surface area (TPSA) is 50.4 Å². The minimum Gasteiger partial charge on any atom is -0.483 e. The molecule has 4 nitrogen and oxygen atoms in total. The Bertz CT molecular complexity index is 475. The summed E-state index contributed by atoms with van der Waals surface area (Å²) in [5, 5.41) is 5.89. The quantitative estimate of drug-likeness (QED) is 0.803. The van der Waals surface area contributed by atoms with Crippen LogP contribution in [0.2, 0.25) is 0 Å². The number of carbonyl (C=O) groups excluding carboxylic acids is 1. The zero-order valence-electron chi connectivity index (χ0n) is 11.9. The molecule has 1 fully saturated rings. The van der Waals surface area contributed by atoms with Gasteiger partial charge in [-0.15, -0.1) is 0 Å². The van der Waals surface area contributed by atoms with E-state index in [1.54, 1.807) is 6.07 Å². The van der Waals surface area contributed by atoms with Crippen molar-refractivity contribution >= 4 is 5.91 Å². The number of hydrogen-bond donors (Lipinski definition) is 2. The molecule has 5 heteroatoms. The van der Waals surface area contributed by atoms with Crippen molar-refractivity contribution in [1.29, 1.82) is 0 Å². The highest BCUT2D eigenvalue weighted by Crippen LogP contribution is 2.28. The number of benzene rings is 1. The van der Waals surface area contributed by atoms with E-state index >= 15 is 0 Å². The second kappa shape index (κ2) is 6.70. The molecular weight excluding hydrogens is 259 g/mol. The summed E-state index contributed by atoms with van der Waals surface area (Å²) in [5.74, 6) is 0.510. The third-order valence-corrected chi connectivity index (χ3v) is 3.52. The third kappa shape index (κ3) is 4.20. The Kier molecular flexibility index (Phi) is 4.95. The monoisotopic (exact) mass is 280 g/mol. The SMILES string of the molecule is CNC(C)c1ccc(F)cc1OCC(=O)NCC1CC1. The average Bonchev–Trinajstić information content (AvgIpc) is 3.26. The molecule has 1 aromatic rings. The fourth-order valence-corrected chi connectivity index (χ4v) is 1.92.